The molecule has 0 aliphatic carbocycles. The number of thioether (sulfide) groups is 1. The van der Waals surface area contributed by atoms with Gasteiger partial charge in [0.15, 0.2) is 6.54 Å². The molecule has 4 aromatic carbocycles. The van der Waals surface area contributed by atoms with Crippen LogP contribution in [0.3, 0.4) is 0 Å². The summed E-state index contributed by atoms with van der Waals surface area (Å²) >= 11 is 3.18. The Hall–Kier alpha value is -4.30. The minimum absolute atomic E-state index is 0.182. The number of hydrogen-bond acceptors (Lipinski definition) is 8. The maximum absolute atomic E-state index is 11.6. The van der Waals surface area contributed by atoms with Crippen molar-refractivity contribution in [3.8, 4) is 0 Å². The number of aromatic nitrogens is 1. The van der Waals surface area contributed by atoms with Crippen molar-refractivity contribution >= 4 is 89.6 Å². The number of nitrogens with zero attached hydrogens (tertiary/aromatic N) is 2. The molecule has 6 rings (SSSR count). The van der Waals surface area contributed by atoms with Gasteiger partial charge in [0.1, 0.15) is 4.70 Å². The van der Waals surface area contributed by atoms with E-state index in [1.54, 1.807) is 23.1 Å². The SMILES string of the molecule is CC(=Cc1sc2ccc(C=Cc3ccccc3)cc2[n+]1CCCS(=O)(=O)O)C=C1Sc2ccc(C=Cc3ccccc3)cc2N1CCCS(=O)(=O)[O-]. The van der Waals surface area contributed by atoms with Crippen LogP contribution < -0.4 is 9.47 Å². The quantitative estimate of drug-likeness (QED) is 0.0678. The molecule has 2 heterocycles. The summed E-state index contributed by atoms with van der Waals surface area (Å²) in [7, 11) is -8.48. The first-order valence-electron chi connectivity index (χ1n) is 16.7. The largest absolute Gasteiger partial charge is 0.748 e. The third-order valence-corrected chi connectivity index (χ3v) is 12.1. The fraction of sp³-hybridized carbons (Fsp3) is 0.175. The number of benzene rings is 4. The lowest BCUT2D eigenvalue weighted by molar-refractivity contribution is -0.668. The van der Waals surface area contributed by atoms with Crippen molar-refractivity contribution in [2.45, 2.75) is 31.2 Å². The molecular formula is C40H38N2O6S4. The Bertz CT molecular complexity index is 2400. The second kappa shape index (κ2) is 16.6. The van der Waals surface area contributed by atoms with Crippen LogP contribution in [0.5, 0.6) is 0 Å². The van der Waals surface area contributed by atoms with Crippen LogP contribution in [0.4, 0.5) is 5.69 Å². The van der Waals surface area contributed by atoms with Gasteiger partial charge in [-0.1, -0.05) is 120 Å². The topological polar surface area (TPSA) is 119 Å². The molecule has 1 aliphatic heterocycles. The maximum Gasteiger partial charge on any atom is 0.265 e. The zero-order valence-corrected chi connectivity index (χ0v) is 31.7. The number of anilines is 1. The number of fused-ring (bicyclic) bond motifs is 2. The summed E-state index contributed by atoms with van der Waals surface area (Å²) < 4.78 is 70.2. The number of hydrogen-bond donors (Lipinski definition) is 1. The van der Waals surface area contributed by atoms with Gasteiger partial charge >= 0.3 is 0 Å². The highest BCUT2D eigenvalue weighted by Gasteiger charge is 2.26. The van der Waals surface area contributed by atoms with Gasteiger partial charge in [0.2, 0.25) is 5.52 Å². The molecule has 1 aromatic heterocycles. The molecule has 0 fully saturated rings. The first-order valence-corrected chi connectivity index (χ1v) is 21.5. The van der Waals surface area contributed by atoms with E-state index in [4.69, 9.17) is 0 Å². The number of thiazole rings is 1. The molecule has 0 bridgehead atoms. The van der Waals surface area contributed by atoms with Crippen LogP contribution in [-0.2, 0) is 26.8 Å². The molecule has 8 nitrogen and oxygen atoms in total. The van der Waals surface area contributed by atoms with E-state index in [0.717, 1.165) is 58.7 Å². The number of rotatable bonds is 14. The van der Waals surface area contributed by atoms with Crippen LogP contribution in [0.2, 0.25) is 0 Å². The summed E-state index contributed by atoms with van der Waals surface area (Å²) in [6.45, 7) is 2.73. The molecular weight excluding hydrogens is 733 g/mol. The number of allylic oxidation sites excluding steroid dienone is 2. The molecule has 0 atom stereocenters. The Morgan fingerprint density at radius 2 is 1.40 bits per heavy atom. The second-order valence-corrected chi connectivity index (χ2v) is 17.6. The maximum atomic E-state index is 11.6. The van der Waals surface area contributed by atoms with Crippen LogP contribution in [-0.4, -0.2) is 44.0 Å². The molecule has 0 radical (unpaired) electrons. The van der Waals surface area contributed by atoms with Gasteiger partial charge in [-0.15, -0.1) is 0 Å². The van der Waals surface area contributed by atoms with Gasteiger partial charge < -0.3 is 9.45 Å². The van der Waals surface area contributed by atoms with Crippen LogP contribution in [0.1, 0.15) is 47.0 Å². The molecule has 0 unspecified atom stereocenters. The highest BCUT2D eigenvalue weighted by Crippen LogP contribution is 2.47. The standard InChI is InChI=1S/C40H38N2O6S4/c1-30(26-39-41(22-8-24-51(43,44)45)35-28-33(18-20-37(35)49-39)16-14-31-10-4-2-5-11-31)27-40-42(23-9-25-52(46,47)48)36-29-34(19-21-38(36)50-40)17-15-32-12-6-3-7-13-32/h2-7,10-21,26-29H,8-9,22-25H2,1H3,(H-,43,44,45,46,47,48). The zero-order valence-electron chi connectivity index (χ0n) is 28.5. The Kier molecular flexibility index (Phi) is 11.9. The van der Waals surface area contributed by atoms with Gasteiger partial charge in [-0.25, -0.2) is 8.42 Å². The summed E-state index contributed by atoms with van der Waals surface area (Å²) in [5.74, 6) is -0.796. The van der Waals surface area contributed by atoms with Gasteiger partial charge in [-0.3, -0.25) is 4.55 Å². The average molecular weight is 771 g/mol. The smallest absolute Gasteiger partial charge is 0.265 e. The summed E-state index contributed by atoms with van der Waals surface area (Å²) in [6.07, 6.45) is 12.7. The molecule has 0 saturated heterocycles. The van der Waals surface area contributed by atoms with Crippen molar-refractivity contribution in [2.75, 3.05) is 23.0 Å². The molecule has 0 amide bonds. The molecule has 5 aromatic rings. The van der Waals surface area contributed by atoms with E-state index >= 15 is 0 Å². The van der Waals surface area contributed by atoms with Gasteiger partial charge in [-0.2, -0.15) is 13.0 Å². The normalized spacial score (nSPS) is 14.7. The summed E-state index contributed by atoms with van der Waals surface area (Å²) in [6, 6.07) is 32.4. The monoisotopic (exact) mass is 770 g/mol. The fourth-order valence-corrected chi connectivity index (χ4v) is 9.20. The summed E-state index contributed by atoms with van der Waals surface area (Å²) in [5.41, 5.74) is 6.99. The molecule has 268 valence electrons. The van der Waals surface area contributed by atoms with Crippen molar-refractivity contribution < 1.29 is 30.5 Å². The summed E-state index contributed by atoms with van der Waals surface area (Å²) in [5, 5.41) is 1.82. The fourth-order valence-electron chi connectivity index (χ4n) is 5.87. The predicted octanol–water partition coefficient (Wildman–Crippen LogP) is 8.60. The van der Waals surface area contributed by atoms with E-state index in [-0.39, 0.29) is 18.6 Å². The van der Waals surface area contributed by atoms with E-state index in [9.17, 15) is 25.9 Å². The van der Waals surface area contributed by atoms with Crippen LogP contribution in [0.25, 0.3) is 40.6 Å². The van der Waals surface area contributed by atoms with E-state index in [1.165, 1.54) is 0 Å². The first-order chi connectivity index (χ1) is 24.9. The Morgan fingerprint density at radius 3 is 2.04 bits per heavy atom. The lowest BCUT2D eigenvalue weighted by atomic mass is 10.1. The number of aryl methyl sites for hydroxylation is 1. The van der Waals surface area contributed by atoms with Crippen molar-refractivity contribution in [3.05, 3.63) is 141 Å². The van der Waals surface area contributed by atoms with Gasteiger partial charge in [0.25, 0.3) is 15.1 Å². The minimum atomic E-state index is -4.36. The highest BCUT2D eigenvalue weighted by molar-refractivity contribution is 8.03. The van der Waals surface area contributed by atoms with Crippen LogP contribution in [0.15, 0.2) is 119 Å². The van der Waals surface area contributed by atoms with E-state index < -0.39 is 26.0 Å². The Labute approximate surface area is 313 Å². The Morgan fingerprint density at radius 1 is 0.788 bits per heavy atom. The molecule has 12 heteroatoms. The van der Waals surface area contributed by atoms with Crippen LogP contribution >= 0.6 is 23.1 Å². The third kappa shape index (κ3) is 10.4. The van der Waals surface area contributed by atoms with Crippen molar-refractivity contribution in [1.29, 1.82) is 0 Å². The molecule has 52 heavy (non-hydrogen) atoms. The second-order valence-electron chi connectivity index (χ2n) is 12.4. The first kappa shape index (κ1) is 37.5. The van der Waals surface area contributed by atoms with E-state index in [1.807, 2.05) is 98.0 Å². The zero-order chi connectivity index (χ0) is 36.7. The average Bonchev–Trinajstić information content (AvgIpc) is 3.62. The lowest BCUT2D eigenvalue weighted by Gasteiger charge is -2.21. The Balaban J connectivity index is 1.33. The highest BCUT2D eigenvalue weighted by atomic mass is 32.2. The third-order valence-electron chi connectivity index (χ3n) is 8.31. The van der Waals surface area contributed by atoms with E-state index in [2.05, 4.69) is 52.0 Å². The van der Waals surface area contributed by atoms with Gasteiger partial charge in [0.05, 0.1) is 26.6 Å². The lowest BCUT2D eigenvalue weighted by Crippen LogP contribution is -2.36. The molecule has 0 spiro atoms. The van der Waals surface area contributed by atoms with Crippen molar-refractivity contribution in [3.63, 3.8) is 0 Å². The van der Waals surface area contributed by atoms with Crippen molar-refractivity contribution in [1.82, 2.24) is 0 Å². The predicted molar refractivity (Wildman–Crippen MR) is 214 cm³/mol. The summed E-state index contributed by atoms with van der Waals surface area (Å²) in [4.78, 5) is 3.10. The van der Waals surface area contributed by atoms with Gasteiger partial charge in [0, 0.05) is 35.8 Å². The molecule has 1 N–H and O–H groups in total. The molecule has 0 saturated carbocycles. The van der Waals surface area contributed by atoms with Crippen molar-refractivity contribution in [2.24, 2.45) is 0 Å². The minimum Gasteiger partial charge on any atom is -0.748 e. The van der Waals surface area contributed by atoms with Gasteiger partial charge in [-0.05, 0) is 65.4 Å². The molecule has 1 aliphatic rings. The van der Waals surface area contributed by atoms with Crippen LogP contribution in [0, 0.1) is 0 Å². The van der Waals surface area contributed by atoms with E-state index in [0.29, 0.717) is 13.1 Å².